The van der Waals surface area contributed by atoms with Crippen molar-refractivity contribution in [3.05, 3.63) is 108 Å². The Balaban J connectivity index is 1.76. The molecule has 0 bridgehead atoms. The molecule has 1 fully saturated rings. The topological polar surface area (TPSA) is 46.2 Å². The van der Waals surface area contributed by atoms with Gasteiger partial charge in [-0.25, -0.2) is 0 Å². The van der Waals surface area contributed by atoms with E-state index >= 15 is 0 Å². The van der Waals surface area contributed by atoms with Crippen molar-refractivity contribution < 1.29 is 23.7 Å². The number of rotatable bonds is 20. The molecule has 0 aromatic heterocycles. The molecular formula is C39H56O5Sn. The molecule has 0 N–H and O–H groups in total. The molecule has 6 heteroatoms. The fourth-order valence-corrected chi connectivity index (χ4v) is 24.4. The standard InChI is InChI=1S/C27H29O5.3C4H9.Sn/c1-28-27-26(31-19-23-15-9-4-10-16-23)25(30-18-22-13-7-3-8-14-22)24(20-32-27)29-17-21-11-5-2-6-12-21;3*1-3-4-2;/h2-16,20,24-27H,17-19H2,1H3;3*1,3-4H2,2H3;/t24-,25+,26-,27-;;;;/m1..../s1. The van der Waals surface area contributed by atoms with Gasteiger partial charge in [0.25, 0.3) is 0 Å². The quantitative estimate of drug-likeness (QED) is 0.109. The van der Waals surface area contributed by atoms with E-state index in [1.54, 1.807) is 7.11 Å². The number of ether oxygens (including phenoxy) is 5. The van der Waals surface area contributed by atoms with E-state index in [2.05, 4.69) is 87.5 Å². The maximum absolute atomic E-state index is 7.22. The van der Waals surface area contributed by atoms with Gasteiger partial charge in [-0.3, -0.25) is 0 Å². The zero-order chi connectivity index (χ0) is 31.7. The normalized spacial score (nSPS) is 22.0. The first kappa shape index (κ1) is 36.1. The molecule has 3 aromatic carbocycles. The molecule has 5 nitrogen and oxygen atoms in total. The third-order valence-corrected chi connectivity index (χ3v) is 25.6. The Labute approximate surface area is 276 Å². The third kappa shape index (κ3) is 10.6. The molecule has 45 heavy (non-hydrogen) atoms. The minimum atomic E-state index is -3.07. The van der Waals surface area contributed by atoms with Gasteiger partial charge in [0.05, 0.1) is 0 Å². The van der Waals surface area contributed by atoms with Gasteiger partial charge in [-0.1, -0.05) is 0 Å². The Morgan fingerprint density at radius 2 is 0.911 bits per heavy atom. The molecule has 0 spiro atoms. The predicted molar refractivity (Wildman–Crippen MR) is 186 cm³/mol. The second-order valence-electron chi connectivity index (χ2n) is 12.6. The SMILES string of the molecule is CCC[CH2][Sn]([CH2]CCC)([CH2]CCC)[C@H]1O[C@@H](OC)[C@H](OCc2ccccc2)[C@@H](OCc2ccccc2)[C@@H]1OCc1ccccc1. The van der Waals surface area contributed by atoms with E-state index in [-0.39, 0.29) is 16.3 Å². The summed E-state index contributed by atoms with van der Waals surface area (Å²) in [5.74, 6) is 0. The van der Waals surface area contributed by atoms with E-state index in [1.165, 1.54) is 51.8 Å². The van der Waals surface area contributed by atoms with Gasteiger partial charge in [-0.2, -0.15) is 0 Å². The van der Waals surface area contributed by atoms with Crippen molar-refractivity contribution in [2.24, 2.45) is 0 Å². The Hall–Kier alpha value is -1.74. The van der Waals surface area contributed by atoms with E-state index in [0.717, 1.165) is 16.7 Å². The van der Waals surface area contributed by atoms with Crippen molar-refractivity contribution in [1.29, 1.82) is 0 Å². The van der Waals surface area contributed by atoms with E-state index in [0.29, 0.717) is 19.8 Å². The first-order chi connectivity index (χ1) is 22.1. The van der Waals surface area contributed by atoms with Crippen LogP contribution in [0.4, 0.5) is 0 Å². The van der Waals surface area contributed by atoms with Gasteiger partial charge in [0, 0.05) is 0 Å². The molecule has 1 aliphatic heterocycles. The van der Waals surface area contributed by atoms with Gasteiger partial charge >= 0.3 is 278 Å². The van der Waals surface area contributed by atoms with Crippen molar-refractivity contribution >= 4 is 18.4 Å². The second-order valence-corrected chi connectivity index (χ2v) is 26.3. The number of unbranched alkanes of at least 4 members (excludes halogenated alkanes) is 3. The molecule has 0 radical (unpaired) electrons. The summed E-state index contributed by atoms with van der Waals surface area (Å²) >= 11 is -3.07. The molecule has 1 aliphatic rings. The summed E-state index contributed by atoms with van der Waals surface area (Å²) < 4.78 is 38.1. The Bertz CT molecular complexity index is 1160. The fourth-order valence-electron chi connectivity index (χ4n) is 6.73. The van der Waals surface area contributed by atoms with Crippen molar-refractivity contribution in [2.45, 2.75) is 121 Å². The van der Waals surface area contributed by atoms with E-state index in [1.807, 2.05) is 24.3 Å². The van der Waals surface area contributed by atoms with Gasteiger partial charge in [0.2, 0.25) is 0 Å². The zero-order valence-electron chi connectivity index (χ0n) is 28.1. The van der Waals surface area contributed by atoms with E-state index < -0.39 is 30.8 Å². The second kappa shape index (κ2) is 19.8. The predicted octanol–water partition coefficient (Wildman–Crippen LogP) is 9.50. The average molecular weight is 724 g/mol. The number of benzene rings is 3. The van der Waals surface area contributed by atoms with Crippen molar-refractivity contribution in [3.63, 3.8) is 0 Å². The summed E-state index contributed by atoms with van der Waals surface area (Å²) in [6.45, 7) is 8.39. The molecule has 1 saturated heterocycles. The van der Waals surface area contributed by atoms with Crippen LogP contribution in [0.5, 0.6) is 0 Å². The molecule has 0 saturated carbocycles. The number of hydrogen-bond donors (Lipinski definition) is 0. The van der Waals surface area contributed by atoms with Crippen LogP contribution in [0.25, 0.3) is 0 Å². The Morgan fingerprint density at radius 1 is 0.533 bits per heavy atom. The first-order valence-corrected chi connectivity index (χ1v) is 25.0. The summed E-state index contributed by atoms with van der Waals surface area (Å²) in [6, 6.07) is 31.2. The van der Waals surface area contributed by atoms with Gasteiger partial charge in [-0.15, -0.1) is 0 Å². The van der Waals surface area contributed by atoms with Crippen LogP contribution >= 0.6 is 0 Å². The van der Waals surface area contributed by atoms with Crippen LogP contribution in [0.2, 0.25) is 13.3 Å². The van der Waals surface area contributed by atoms with Gasteiger partial charge in [0.15, 0.2) is 0 Å². The van der Waals surface area contributed by atoms with Crippen LogP contribution < -0.4 is 0 Å². The van der Waals surface area contributed by atoms with Crippen molar-refractivity contribution in [2.75, 3.05) is 7.11 Å². The molecule has 4 rings (SSSR count). The van der Waals surface area contributed by atoms with Crippen molar-refractivity contribution in [3.8, 4) is 0 Å². The maximum atomic E-state index is 7.22. The molecule has 3 aromatic rings. The van der Waals surface area contributed by atoms with Crippen LogP contribution in [0.15, 0.2) is 91.0 Å². The third-order valence-electron chi connectivity index (χ3n) is 9.27. The summed E-state index contributed by atoms with van der Waals surface area (Å²) in [5, 5.41) is 0. The molecule has 0 amide bonds. The fraction of sp³-hybridized carbons (Fsp3) is 0.538. The van der Waals surface area contributed by atoms with Crippen LogP contribution in [0, 0.1) is 0 Å². The van der Waals surface area contributed by atoms with Crippen LogP contribution in [0.3, 0.4) is 0 Å². The van der Waals surface area contributed by atoms with Gasteiger partial charge in [-0.05, 0) is 0 Å². The van der Waals surface area contributed by atoms with Crippen LogP contribution in [-0.2, 0) is 43.5 Å². The molecule has 5 atom stereocenters. The molecular weight excluding hydrogens is 667 g/mol. The van der Waals surface area contributed by atoms with E-state index in [9.17, 15) is 0 Å². The summed E-state index contributed by atoms with van der Waals surface area (Å²) in [7, 11) is 1.75. The number of hydrogen-bond acceptors (Lipinski definition) is 5. The van der Waals surface area contributed by atoms with Crippen molar-refractivity contribution in [1.82, 2.24) is 0 Å². The summed E-state index contributed by atoms with van der Waals surface area (Å²) in [5.41, 5.74) is 3.40. The summed E-state index contributed by atoms with van der Waals surface area (Å²) in [4.78, 5) is 0. The summed E-state index contributed by atoms with van der Waals surface area (Å²) in [6.07, 6.45) is 5.77. The average Bonchev–Trinajstić information content (AvgIpc) is 3.10. The minimum absolute atomic E-state index is 0.00922. The Morgan fingerprint density at radius 3 is 1.29 bits per heavy atom. The van der Waals surface area contributed by atoms with Gasteiger partial charge < -0.3 is 0 Å². The van der Waals surface area contributed by atoms with Crippen LogP contribution in [0.1, 0.15) is 76.0 Å². The number of methoxy groups -OCH3 is 1. The zero-order valence-corrected chi connectivity index (χ0v) is 30.9. The van der Waals surface area contributed by atoms with Gasteiger partial charge in [0.1, 0.15) is 0 Å². The van der Waals surface area contributed by atoms with Crippen LogP contribution in [-0.4, -0.2) is 54.2 Å². The Kier molecular flexibility index (Phi) is 15.9. The molecule has 246 valence electrons. The first-order valence-electron chi connectivity index (χ1n) is 17.3. The monoisotopic (exact) mass is 724 g/mol. The van der Waals surface area contributed by atoms with E-state index in [4.69, 9.17) is 23.7 Å². The molecule has 1 heterocycles. The molecule has 0 unspecified atom stereocenters. The molecule has 0 aliphatic carbocycles.